The molecule has 0 rings (SSSR count). The van der Waals surface area contributed by atoms with Crippen LogP contribution in [-0.2, 0) is 10.5 Å². The third-order valence-electron chi connectivity index (χ3n) is 1.50. The molecule has 0 aliphatic rings. The van der Waals surface area contributed by atoms with E-state index in [1.54, 1.807) is 20.8 Å². The van der Waals surface area contributed by atoms with Crippen molar-refractivity contribution < 1.29 is 13.2 Å². The average Bonchev–Trinajstić information content (AvgIpc) is 1.96. The van der Waals surface area contributed by atoms with Gasteiger partial charge in [0, 0.05) is 18.0 Å². The SMILES string of the molecule is CC(C)(C)N(CCCl)C(=O)N=S(=O)=O. The summed E-state index contributed by atoms with van der Waals surface area (Å²) in [6.45, 7) is 5.60. The van der Waals surface area contributed by atoms with Crippen molar-refractivity contribution in [3.05, 3.63) is 0 Å². The Morgan fingerprint density at radius 1 is 1.43 bits per heavy atom. The van der Waals surface area contributed by atoms with Crippen molar-refractivity contribution in [2.75, 3.05) is 12.4 Å². The Hall–Kier alpha value is -0.620. The molecule has 0 saturated carbocycles. The van der Waals surface area contributed by atoms with Crippen molar-refractivity contribution in [1.82, 2.24) is 4.90 Å². The van der Waals surface area contributed by atoms with Crippen LogP contribution in [0.15, 0.2) is 4.36 Å². The molecule has 0 unspecified atom stereocenters. The average molecular weight is 241 g/mol. The number of nitrogens with zero attached hydrogens (tertiary/aromatic N) is 2. The molecule has 0 saturated heterocycles. The molecule has 0 fully saturated rings. The van der Waals surface area contributed by atoms with Crippen LogP contribution in [0.4, 0.5) is 4.79 Å². The number of hydrogen-bond acceptors (Lipinski definition) is 3. The monoisotopic (exact) mass is 240 g/mol. The highest BCUT2D eigenvalue weighted by atomic mass is 35.5. The zero-order valence-corrected chi connectivity index (χ0v) is 9.89. The Morgan fingerprint density at radius 3 is 2.21 bits per heavy atom. The smallest absolute Gasteiger partial charge is 0.316 e. The number of alkyl halides is 1. The van der Waals surface area contributed by atoms with E-state index in [2.05, 4.69) is 4.36 Å². The predicted octanol–water partition coefficient (Wildman–Crippen LogP) is 1.51. The minimum atomic E-state index is -2.71. The van der Waals surface area contributed by atoms with Crippen LogP contribution < -0.4 is 0 Å². The van der Waals surface area contributed by atoms with Crippen LogP contribution in [0.3, 0.4) is 0 Å². The van der Waals surface area contributed by atoms with Gasteiger partial charge < -0.3 is 4.90 Å². The maximum atomic E-state index is 11.3. The maximum Gasteiger partial charge on any atom is 0.359 e. The van der Waals surface area contributed by atoms with E-state index in [-0.39, 0.29) is 12.4 Å². The van der Waals surface area contributed by atoms with Crippen LogP contribution in [0.1, 0.15) is 20.8 Å². The van der Waals surface area contributed by atoms with Gasteiger partial charge in [0.15, 0.2) is 0 Å². The molecule has 0 aromatic heterocycles. The first kappa shape index (κ1) is 13.4. The van der Waals surface area contributed by atoms with Gasteiger partial charge in [0.05, 0.1) is 0 Å². The number of hydrogen-bond donors (Lipinski definition) is 0. The molecule has 14 heavy (non-hydrogen) atoms. The molecular weight excluding hydrogens is 228 g/mol. The summed E-state index contributed by atoms with van der Waals surface area (Å²) in [6, 6.07) is -0.786. The first-order chi connectivity index (χ1) is 6.29. The number of amides is 2. The topological polar surface area (TPSA) is 66.8 Å². The van der Waals surface area contributed by atoms with Crippen LogP contribution in [0, 0.1) is 0 Å². The summed E-state index contributed by atoms with van der Waals surface area (Å²) in [5, 5.41) is 0. The van der Waals surface area contributed by atoms with E-state index in [9.17, 15) is 13.2 Å². The minimum absolute atomic E-state index is 0.240. The van der Waals surface area contributed by atoms with E-state index in [0.29, 0.717) is 0 Å². The number of carbonyl (C=O) groups is 1. The summed E-state index contributed by atoms with van der Waals surface area (Å²) in [4.78, 5) is 12.6. The molecule has 0 bridgehead atoms. The molecular formula is C7H13ClN2O3S. The first-order valence-electron chi connectivity index (χ1n) is 3.97. The molecule has 0 aromatic carbocycles. The second kappa shape index (κ2) is 5.31. The lowest BCUT2D eigenvalue weighted by Gasteiger charge is -2.32. The second-order valence-electron chi connectivity index (χ2n) is 3.60. The summed E-state index contributed by atoms with van der Waals surface area (Å²) < 4.78 is 23.3. The van der Waals surface area contributed by atoms with E-state index in [1.165, 1.54) is 4.90 Å². The van der Waals surface area contributed by atoms with E-state index >= 15 is 0 Å². The molecule has 82 valence electrons. The van der Waals surface area contributed by atoms with Gasteiger partial charge >= 0.3 is 16.5 Å². The molecule has 0 spiro atoms. The number of urea groups is 1. The van der Waals surface area contributed by atoms with Gasteiger partial charge in [-0.25, -0.2) is 4.79 Å². The summed E-state index contributed by atoms with van der Waals surface area (Å²) in [5.74, 6) is 0.240. The van der Waals surface area contributed by atoms with Crippen molar-refractivity contribution in [3.8, 4) is 0 Å². The van der Waals surface area contributed by atoms with Crippen molar-refractivity contribution >= 4 is 28.1 Å². The van der Waals surface area contributed by atoms with Gasteiger partial charge in [-0.05, 0) is 20.8 Å². The molecule has 0 aliphatic carbocycles. The summed E-state index contributed by atoms with van der Waals surface area (Å²) in [6.07, 6.45) is 0. The third kappa shape index (κ3) is 4.57. The Bertz CT molecular complexity index is 323. The van der Waals surface area contributed by atoms with E-state index in [1.807, 2.05) is 0 Å². The van der Waals surface area contributed by atoms with Crippen molar-refractivity contribution in [3.63, 3.8) is 0 Å². The van der Waals surface area contributed by atoms with E-state index in [0.717, 1.165) is 0 Å². The molecule has 0 atom stereocenters. The quantitative estimate of drug-likeness (QED) is 0.687. The highest BCUT2D eigenvalue weighted by Gasteiger charge is 2.25. The third-order valence-corrected chi connectivity index (χ3v) is 1.98. The van der Waals surface area contributed by atoms with Crippen LogP contribution in [-0.4, -0.2) is 37.3 Å². The zero-order valence-electron chi connectivity index (χ0n) is 8.32. The fraction of sp³-hybridized carbons (Fsp3) is 0.857. The lowest BCUT2D eigenvalue weighted by molar-refractivity contribution is 0.160. The van der Waals surface area contributed by atoms with Gasteiger partial charge in [0.2, 0.25) is 0 Å². The highest BCUT2D eigenvalue weighted by Crippen LogP contribution is 2.14. The van der Waals surface area contributed by atoms with Gasteiger partial charge in [-0.3, -0.25) is 0 Å². The van der Waals surface area contributed by atoms with Crippen molar-refractivity contribution in [2.24, 2.45) is 4.36 Å². The van der Waals surface area contributed by atoms with Crippen molar-refractivity contribution in [2.45, 2.75) is 26.3 Å². The van der Waals surface area contributed by atoms with Gasteiger partial charge in [-0.2, -0.15) is 8.42 Å². The molecule has 0 aromatic rings. The normalized spacial score (nSPS) is 10.9. The van der Waals surface area contributed by atoms with Crippen LogP contribution in [0.25, 0.3) is 0 Å². The Balaban J connectivity index is 4.85. The summed E-state index contributed by atoms with van der Waals surface area (Å²) in [5.41, 5.74) is -0.491. The molecule has 0 aliphatic heterocycles. The molecule has 2 amide bonds. The lowest BCUT2D eigenvalue weighted by atomic mass is 10.1. The second-order valence-corrected chi connectivity index (χ2v) is 4.60. The van der Waals surface area contributed by atoms with Gasteiger partial charge in [0.25, 0.3) is 0 Å². The number of halogens is 1. The molecule has 0 heterocycles. The van der Waals surface area contributed by atoms with Crippen LogP contribution in [0.5, 0.6) is 0 Å². The Kier molecular flexibility index (Phi) is 5.07. The van der Waals surface area contributed by atoms with Gasteiger partial charge in [-0.15, -0.1) is 11.6 Å². The van der Waals surface area contributed by atoms with E-state index < -0.39 is 22.1 Å². The predicted molar refractivity (Wildman–Crippen MR) is 53.9 cm³/mol. The standard InChI is InChI=1S/C7H13ClN2O3S/c1-7(2,3)10(5-4-8)6(11)9-14(12)13/h4-5H2,1-3H3. The van der Waals surface area contributed by atoms with Gasteiger partial charge in [-0.1, -0.05) is 4.36 Å². The minimum Gasteiger partial charge on any atom is -0.316 e. The fourth-order valence-electron chi connectivity index (χ4n) is 0.916. The highest BCUT2D eigenvalue weighted by molar-refractivity contribution is 7.62. The van der Waals surface area contributed by atoms with E-state index in [4.69, 9.17) is 11.6 Å². The Morgan fingerprint density at radius 2 is 1.93 bits per heavy atom. The Labute approximate surface area is 89.7 Å². The molecule has 7 heteroatoms. The van der Waals surface area contributed by atoms with Crippen LogP contribution in [0.2, 0.25) is 0 Å². The summed E-state index contributed by atoms with van der Waals surface area (Å²) >= 11 is 5.49. The van der Waals surface area contributed by atoms with Crippen LogP contribution >= 0.6 is 11.6 Å². The number of rotatable bonds is 2. The lowest BCUT2D eigenvalue weighted by Crippen LogP contribution is -2.45. The van der Waals surface area contributed by atoms with Gasteiger partial charge in [0.1, 0.15) is 0 Å². The molecule has 5 nitrogen and oxygen atoms in total. The zero-order chi connectivity index (χ0) is 11.4. The first-order valence-corrected chi connectivity index (χ1v) is 5.54. The fourth-order valence-corrected chi connectivity index (χ4v) is 1.31. The van der Waals surface area contributed by atoms with Crippen molar-refractivity contribution in [1.29, 1.82) is 0 Å². The number of carbonyl (C=O) groups excluding carboxylic acids is 1. The molecule has 0 radical (unpaired) electrons. The molecule has 0 N–H and O–H groups in total. The summed E-state index contributed by atoms with van der Waals surface area (Å²) in [7, 11) is -2.71. The maximum absolute atomic E-state index is 11.3. The largest absolute Gasteiger partial charge is 0.359 e.